The Kier molecular flexibility index (Phi) is 3.86. The summed E-state index contributed by atoms with van der Waals surface area (Å²) in [6.45, 7) is 0. The smallest absolute Gasteiger partial charge is 0.306 e. The van der Waals surface area contributed by atoms with Gasteiger partial charge in [-0.3, -0.25) is 18.8 Å². The van der Waals surface area contributed by atoms with Gasteiger partial charge >= 0.3 is 5.97 Å². The Balaban J connectivity index is 1.46. The molecule has 0 radical (unpaired) electrons. The van der Waals surface area contributed by atoms with Crippen molar-refractivity contribution >= 4 is 23.6 Å². The summed E-state index contributed by atoms with van der Waals surface area (Å²) in [7, 11) is 0. The molecule has 2 N–H and O–H groups in total. The normalized spacial score (nSPS) is 25.8. The van der Waals surface area contributed by atoms with Gasteiger partial charge in [0, 0.05) is 17.8 Å². The van der Waals surface area contributed by atoms with Crippen LogP contribution in [0.1, 0.15) is 47.3 Å². The van der Waals surface area contributed by atoms with Crippen molar-refractivity contribution in [3.63, 3.8) is 0 Å². The van der Waals surface area contributed by atoms with E-state index < -0.39 is 11.9 Å². The lowest BCUT2D eigenvalue weighted by Gasteiger charge is -2.32. The Morgan fingerprint density at radius 3 is 2.75 bits per heavy atom. The van der Waals surface area contributed by atoms with Crippen LogP contribution in [0.4, 0.5) is 0 Å². The lowest BCUT2D eigenvalue weighted by molar-refractivity contribution is -0.145. The third-order valence-corrected chi connectivity index (χ3v) is 6.22. The number of aliphatic carboxylic acids is 1. The molecule has 2 fully saturated rings. The zero-order chi connectivity index (χ0) is 19.4. The first-order valence-corrected chi connectivity index (χ1v) is 9.77. The van der Waals surface area contributed by atoms with Gasteiger partial charge in [0.15, 0.2) is 5.65 Å². The van der Waals surface area contributed by atoms with Crippen molar-refractivity contribution in [3.8, 4) is 0 Å². The number of hydrogen-bond donors (Lipinski definition) is 2. The molecule has 2 aromatic rings. The molecule has 7 heteroatoms. The van der Waals surface area contributed by atoms with Crippen molar-refractivity contribution in [2.75, 3.05) is 0 Å². The van der Waals surface area contributed by atoms with Crippen molar-refractivity contribution in [2.45, 2.75) is 38.1 Å². The van der Waals surface area contributed by atoms with Gasteiger partial charge in [-0.25, -0.2) is 4.98 Å². The van der Waals surface area contributed by atoms with Crippen molar-refractivity contribution in [1.82, 2.24) is 14.7 Å². The number of aromatic nitrogens is 2. The van der Waals surface area contributed by atoms with E-state index in [1.54, 1.807) is 18.3 Å². The van der Waals surface area contributed by atoms with Crippen LogP contribution in [0.15, 0.2) is 29.2 Å². The maximum Gasteiger partial charge on any atom is 0.306 e. The van der Waals surface area contributed by atoms with E-state index in [0.29, 0.717) is 48.0 Å². The van der Waals surface area contributed by atoms with Crippen LogP contribution in [-0.4, -0.2) is 32.4 Å². The third-order valence-electron chi connectivity index (χ3n) is 6.22. The van der Waals surface area contributed by atoms with Crippen molar-refractivity contribution < 1.29 is 14.7 Å². The van der Waals surface area contributed by atoms with Crippen molar-refractivity contribution in [1.29, 1.82) is 0 Å². The molecule has 7 nitrogen and oxygen atoms in total. The van der Waals surface area contributed by atoms with E-state index in [-0.39, 0.29) is 17.5 Å². The number of rotatable bonds is 4. The highest BCUT2D eigenvalue weighted by Gasteiger charge is 2.36. The Hall–Kier alpha value is -2.96. The highest BCUT2D eigenvalue weighted by atomic mass is 16.4. The number of allylic oxidation sites excluding steroid dienone is 1. The van der Waals surface area contributed by atoms with Crippen LogP contribution in [0.2, 0.25) is 0 Å². The van der Waals surface area contributed by atoms with Gasteiger partial charge in [0.1, 0.15) is 0 Å². The number of carbonyl (C=O) groups excluding carboxylic acids is 1. The summed E-state index contributed by atoms with van der Waals surface area (Å²) in [6.07, 6.45) is 9.73. The first-order chi connectivity index (χ1) is 13.5. The standard InChI is InChI=1S/C21H21N3O4/c25-19(22-14-8-13(9-14)21(27)28)15-2-1-7-24-18(15)23-17-6-5-12(11-3-4-11)10-16(17)20(24)26/h1-2,5-7,11-14H,3-4,8-10H2,(H,22,25)(H,27,28). The van der Waals surface area contributed by atoms with Gasteiger partial charge in [0.05, 0.1) is 17.2 Å². The quantitative estimate of drug-likeness (QED) is 0.845. The Morgan fingerprint density at radius 2 is 2.04 bits per heavy atom. The van der Waals surface area contributed by atoms with E-state index in [2.05, 4.69) is 16.4 Å². The Morgan fingerprint density at radius 1 is 1.25 bits per heavy atom. The summed E-state index contributed by atoms with van der Waals surface area (Å²) in [6, 6.07) is 3.17. The molecular weight excluding hydrogens is 358 g/mol. The highest BCUT2D eigenvalue weighted by molar-refractivity contribution is 6.00. The number of nitrogens with zero attached hydrogens (tertiary/aromatic N) is 2. The molecule has 0 aromatic carbocycles. The SMILES string of the molecule is O=C(NC1CC(C(=O)O)C1)c1cccn2c(=O)c3c(nc12)C=CC(C1CC1)C3. The third kappa shape index (κ3) is 2.82. The fourth-order valence-electron chi connectivity index (χ4n) is 4.29. The first-order valence-electron chi connectivity index (χ1n) is 9.77. The average molecular weight is 379 g/mol. The molecule has 0 aliphatic heterocycles. The molecule has 3 aliphatic carbocycles. The second kappa shape index (κ2) is 6.29. The second-order valence-electron chi connectivity index (χ2n) is 8.14. The molecule has 1 amide bonds. The maximum atomic E-state index is 13.0. The summed E-state index contributed by atoms with van der Waals surface area (Å²) in [5.41, 5.74) is 1.93. The molecule has 0 spiro atoms. The van der Waals surface area contributed by atoms with Crippen LogP contribution in [0.5, 0.6) is 0 Å². The number of carboxylic acid groups (broad SMARTS) is 1. The average Bonchev–Trinajstić information content (AvgIpc) is 3.48. The van der Waals surface area contributed by atoms with Gasteiger partial charge in [0.25, 0.3) is 11.5 Å². The predicted octanol–water partition coefficient (Wildman–Crippen LogP) is 1.88. The molecule has 1 unspecified atom stereocenters. The minimum atomic E-state index is -0.827. The number of carboxylic acids is 1. The lowest BCUT2D eigenvalue weighted by Crippen LogP contribution is -2.46. The van der Waals surface area contributed by atoms with Crippen LogP contribution in [0, 0.1) is 17.8 Å². The van der Waals surface area contributed by atoms with Crippen LogP contribution in [0.3, 0.4) is 0 Å². The number of fused-ring (bicyclic) bond motifs is 2. The fraction of sp³-hybridized carbons (Fsp3) is 0.429. The number of hydrogen-bond acceptors (Lipinski definition) is 4. The molecule has 5 rings (SSSR count). The van der Waals surface area contributed by atoms with E-state index >= 15 is 0 Å². The van der Waals surface area contributed by atoms with Crippen LogP contribution in [0.25, 0.3) is 11.7 Å². The second-order valence-corrected chi connectivity index (χ2v) is 8.14. The molecule has 3 aliphatic rings. The van der Waals surface area contributed by atoms with E-state index in [1.165, 1.54) is 17.2 Å². The predicted molar refractivity (Wildman–Crippen MR) is 102 cm³/mol. The van der Waals surface area contributed by atoms with E-state index in [1.807, 2.05) is 6.08 Å². The summed E-state index contributed by atoms with van der Waals surface area (Å²) in [4.78, 5) is 41.3. The monoisotopic (exact) mass is 379 g/mol. The van der Waals surface area contributed by atoms with E-state index in [0.717, 1.165) is 5.56 Å². The molecular formula is C21H21N3O4. The molecule has 2 heterocycles. The largest absolute Gasteiger partial charge is 0.481 e. The molecule has 28 heavy (non-hydrogen) atoms. The van der Waals surface area contributed by atoms with Gasteiger partial charge in [-0.15, -0.1) is 0 Å². The van der Waals surface area contributed by atoms with Gasteiger partial charge < -0.3 is 10.4 Å². The minimum absolute atomic E-state index is 0.112. The highest BCUT2D eigenvalue weighted by Crippen LogP contribution is 2.41. The molecule has 0 saturated heterocycles. The topological polar surface area (TPSA) is 101 Å². The van der Waals surface area contributed by atoms with E-state index in [4.69, 9.17) is 5.11 Å². The summed E-state index contributed by atoms with van der Waals surface area (Å²) >= 11 is 0. The van der Waals surface area contributed by atoms with Gasteiger partial charge in [-0.2, -0.15) is 0 Å². The zero-order valence-electron chi connectivity index (χ0n) is 15.3. The number of carbonyl (C=O) groups is 2. The number of nitrogens with one attached hydrogen (secondary N) is 1. The Bertz CT molecular complexity index is 1080. The molecule has 2 saturated carbocycles. The number of pyridine rings is 1. The summed E-state index contributed by atoms with van der Waals surface area (Å²) < 4.78 is 1.46. The molecule has 144 valence electrons. The van der Waals surface area contributed by atoms with Crippen molar-refractivity contribution in [2.24, 2.45) is 17.8 Å². The van der Waals surface area contributed by atoms with Gasteiger partial charge in [0.2, 0.25) is 0 Å². The summed E-state index contributed by atoms with van der Waals surface area (Å²) in [5.74, 6) is -0.456. The minimum Gasteiger partial charge on any atom is -0.481 e. The van der Waals surface area contributed by atoms with Gasteiger partial charge in [-0.1, -0.05) is 6.08 Å². The van der Waals surface area contributed by atoms with Crippen LogP contribution in [-0.2, 0) is 11.2 Å². The lowest BCUT2D eigenvalue weighted by atomic mass is 9.80. The van der Waals surface area contributed by atoms with E-state index in [9.17, 15) is 14.4 Å². The van der Waals surface area contributed by atoms with Gasteiger partial charge in [-0.05, 0) is 62.1 Å². The Labute approximate surface area is 161 Å². The molecule has 2 aromatic heterocycles. The van der Waals surface area contributed by atoms with Crippen LogP contribution >= 0.6 is 0 Å². The van der Waals surface area contributed by atoms with Crippen LogP contribution < -0.4 is 10.9 Å². The number of amides is 1. The fourth-order valence-corrected chi connectivity index (χ4v) is 4.29. The zero-order valence-corrected chi connectivity index (χ0v) is 15.3. The maximum absolute atomic E-state index is 13.0. The molecule has 0 bridgehead atoms. The molecule has 1 atom stereocenters. The summed E-state index contributed by atoms with van der Waals surface area (Å²) in [5, 5.41) is 11.8. The van der Waals surface area contributed by atoms with Crippen molar-refractivity contribution in [3.05, 3.63) is 51.6 Å². The first kappa shape index (κ1) is 17.2.